The predicted octanol–water partition coefficient (Wildman–Crippen LogP) is 1.87. The first-order valence-corrected chi connectivity index (χ1v) is 5.92. The molecular formula is C12H20O4. The summed E-state index contributed by atoms with van der Waals surface area (Å²) in [5, 5.41) is 0. The highest BCUT2D eigenvalue weighted by Crippen LogP contribution is 2.42. The van der Waals surface area contributed by atoms with Gasteiger partial charge in [0.1, 0.15) is 0 Å². The van der Waals surface area contributed by atoms with Crippen LogP contribution in [0.2, 0.25) is 0 Å². The molecule has 4 nitrogen and oxygen atoms in total. The average molecular weight is 228 g/mol. The van der Waals surface area contributed by atoms with Gasteiger partial charge in [-0.25, -0.2) is 0 Å². The molecule has 0 amide bonds. The van der Waals surface area contributed by atoms with Gasteiger partial charge in [0.25, 0.3) is 0 Å². The van der Waals surface area contributed by atoms with Gasteiger partial charge in [0.15, 0.2) is 5.79 Å². The van der Waals surface area contributed by atoms with Crippen LogP contribution < -0.4 is 0 Å². The van der Waals surface area contributed by atoms with Crippen LogP contribution in [0.5, 0.6) is 0 Å². The van der Waals surface area contributed by atoms with E-state index in [0.717, 1.165) is 19.3 Å². The second kappa shape index (κ2) is 4.34. The molecule has 1 saturated heterocycles. The lowest BCUT2D eigenvalue weighted by Gasteiger charge is -2.20. The second-order valence-corrected chi connectivity index (χ2v) is 5.16. The number of hydrogen-bond donors (Lipinski definition) is 0. The average Bonchev–Trinajstić information content (AvgIpc) is 2.67. The number of carbonyl (C=O) groups excluding carboxylic acids is 1. The normalized spacial score (nSPS) is 36.1. The Hall–Kier alpha value is -0.610. The Balaban J connectivity index is 1.77. The van der Waals surface area contributed by atoms with Crippen molar-refractivity contribution in [3.05, 3.63) is 0 Å². The van der Waals surface area contributed by atoms with Crippen LogP contribution in [0, 0.1) is 5.92 Å². The molecule has 1 saturated carbocycles. The summed E-state index contributed by atoms with van der Waals surface area (Å²) < 4.78 is 16.2. The maximum Gasteiger partial charge on any atom is 0.305 e. The minimum Gasteiger partial charge on any atom is -0.469 e. The molecule has 1 aliphatic heterocycles. The van der Waals surface area contributed by atoms with Gasteiger partial charge in [-0.2, -0.15) is 0 Å². The van der Waals surface area contributed by atoms with Gasteiger partial charge in [-0.1, -0.05) is 0 Å². The summed E-state index contributed by atoms with van der Waals surface area (Å²) in [6, 6.07) is 0. The number of rotatable bonds is 3. The lowest BCUT2D eigenvalue weighted by Crippen LogP contribution is -2.23. The Kier molecular flexibility index (Phi) is 3.22. The fourth-order valence-electron chi connectivity index (χ4n) is 2.72. The van der Waals surface area contributed by atoms with Crippen molar-refractivity contribution < 1.29 is 19.0 Å². The molecule has 1 aliphatic carbocycles. The molecule has 4 heteroatoms. The molecule has 0 aromatic heterocycles. The highest BCUT2D eigenvalue weighted by Gasteiger charge is 2.46. The molecule has 0 spiro atoms. The van der Waals surface area contributed by atoms with Crippen molar-refractivity contribution in [3.63, 3.8) is 0 Å². The number of carbonyl (C=O) groups is 1. The molecule has 2 aliphatic rings. The fraction of sp³-hybridized carbons (Fsp3) is 0.917. The van der Waals surface area contributed by atoms with Gasteiger partial charge in [-0.05, 0) is 39.0 Å². The van der Waals surface area contributed by atoms with Crippen molar-refractivity contribution in [2.45, 2.75) is 57.5 Å². The van der Waals surface area contributed by atoms with Gasteiger partial charge in [-0.15, -0.1) is 0 Å². The third kappa shape index (κ3) is 2.55. The summed E-state index contributed by atoms with van der Waals surface area (Å²) in [7, 11) is 1.43. The van der Waals surface area contributed by atoms with Crippen LogP contribution in [0.1, 0.15) is 39.5 Å². The predicted molar refractivity (Wildman–Crippen MR) is 57.8 cm³/mol. The molecule has 92 valence electrons. The fourth-order valence-corrected chi connectivity index (χ4v) is 2.72. The zero-order valence-corrected chi connectivity index (χ0v) is 10.2. The first-order chi connectivity index (χ1) is 7.50. The molecule has 0 aromatic rings. The van der Waals surface area contributed by atoms with E-state index in [9.17, 15) is 4.79 Å². The van der Waals surface area contributed by atoms with E-state index in [-0.39, 0.29) is 18.2 Å². The zero-order valence-electron chi connectivity index (χ0n) is 10.2. The van der Waals surface area contributed by atoms with Crippen molar-refractivity contribution >= 4 is 5.97 Å². The van der Waals surface area contributed by atoms with E-state index < -0.39 is 5.79 Å². The van der Waals surface area contributed by atoms with Crippen molar-refractivity contribution in [2.24, 2.45) is 5.92 Å². The molecule has 0 bridgehead atoms. The quantitative estimate of drug-likeness (QED) is 0.692. The summed E-state index contributed by atoms with van der Waals surface area (Å²) in [4.78, 5) is 11.0. The molecule has 1 heterocycles. The van der Waals surface area contributed by atoms with Crippen LogP contribution in [-0.2, 0) is 19.0 Å². The Morgan fingerprint density at radius 1 is 1.31 bits per heavy atom. The van der Waals surface area contributed by atoms with Gasteiger partial charge in [0.2, 0.25) is 0 Å². The van der Waals surface area contributed by atoms with Gasteiger partial charge in [0, 0.05) is 6.42 Å². The smallest absolute Gasteiger partial charge is 0.305 e. The molecule has 0 aromatic carbocycles. The van der Waals surface area contributed by atoms with Crippen molar-refractivity contribution in [1.29, 1.82) is 0 Å². The van der Waals surface area contributed by atoms with E-state index in [4.69, 9.17) is 9.47 Å². The zero-order chi connectivity index (χ0) is 11.8. The summed E-state index contributed by atoms with van der Waals surface area (Å²) in [6.07, 6.45) is 3.84. The molecular weight excluding hydrogens is 208 g/mol. The number of ether oxygens (including phenoxy) is 3. The monoisotopic (exact) mass is 228 g/mol. The third-order valence-electron chi connectivity index (χ3n) is 3.40. The summed E-state index contributed by atoms with van der Waals surface area (Å²) in [6.45, 7) is 3.91. The van der Waals surface area contributed by atoms with E-state index in [1.165, 1.54) is 7.11 Å². The third-order valence-corrected chi connectivity index (χ3v) is 3.40. The first kappa shape index (κ1) is 11.9. The van der Waals surface area contributed by atoms with E-state index in [1.807, 2.05) is 13.8 Å². The minimum absolute atomic E-state index is 0.126. The summed E-state index contributed by atoms with van der Waals surface area (Å²) in [5.41, 5.74) is 0. The Bertz CT molecular complexity index is 258. The van der Waals surface area contributed by atoms with Crippen LogP contribution >= 0.6 is 0 Å². The summed E-state index contributed by atoms with van der Waals surface area (Å²) >= 11 is 0. The van der Waals surface area contributed by atoms with E-state index in [2.05, 4.69) is 4.74 Å². The van der Waals surface area contributed by atoms with Crippen molar-refractivity contribution in [1.82, 2.24) is 0 Å². The van der Waals surface area contributed by atoms with Gasteiger partial charge >= 0.3 is 5.97 Å². The molecule has 16 heavy (non-hydrogen) atoms. The standard InChI is InChI=1S/C12H20O4/c1-12(2)15-9-6-8(7-10(9)16-12)4-5-11(13)14-3/h8-10H,4-7H2,1-3H3/t8?,9-,10+. The first-order valence-electron chi connectivity index (χ1n) is 5.92. The highest BCUT2D eigenvalue weighted by atomic mass is 16.8. The lowest BCUT2D eigenvalue weighted by molar-refractivity contribution is -0.154. The van der Waals surface area contributed by atoms with E-state index in [0.29, 0.717) is 12.3 Å². The number of fused-ring (bicyclic) bond motifs is 1. The topological polar surface area (TPSA) is 44.8 Å². The second-order valence-electron chi connectivity index (χ2n) is 5.16. The molecule has 0 radical (unpaired) electrons. The van der Waals surface area contributed by atoms with Crippen LogP contribution in [0.3, 0.4) is 0 Å². The van der Waals surface area contributed by atoms with E-state index >= 15 is 0 Å². The maximum absolute atomic E-state index is 11.0. The van der Waals surface area contributed by atoms with Crippen LogP contribution in [-0.4, -0.2) is 31.1 Å². The van der Waals surface area contributed by atoms with Crippen molar-refractivity contribution in [2.75, 3.05) is 7.11 Å². The van der Waals surface area contributed by atoms with Crippen LogP contribution in [0.4, 0.5) is 0 Å². The summed E-state index contributed by atoms with van der Waals surface area (Å²) in [5.74, 6) is -0.0210. The highest BCUT2D eigenvalue weighted by molar-refractivity contribution is 5.69. The molecule has 1 unspecified atom stereocenters. The van der Waals surface area contributed by atoms with Crippen LogP contribution in [0.15, 0.2) is 0 Å². The molecule has 2 rings (SSSR count). The molecule has 2 fully saturated rings. The number of esters is 1. The number of hydrogen-bond acceptors (Lipinski definition) is 4. The maximum atomic E-state index is 11.0. The minimum atomic E-state index is -0.428. The molecule has 0 N–H and O–H groups in total. The Labute approximate surface area is 96.2 Å². The Morgan fingerprint density at radius 2 is 1.88 bits per heavy atom. The SMILES string of the molecule is COC(=O)CCC1C[C@@H]2OC(C)(C)O[C@@H]2C1. The van der Waals surface area contributed by atoms with E-state index in [1.54, 1.807) is 0 Å². The lowest BCUT2D eigenvalue weighted by atomic mass is 10.0. The largest absolute Gasteiger partial charge is 0.469 e. The number of methoxy groups -OCH3 is 1. The van der Waals surface area contributed by atoms with Gasteiger partial charge in [-0.3, -0.25) is 4.79 Å². The van der Waals surface area contributed by atoms with Crippen molar-refractivity contribution in [3.8, 4) is 0 Å². The van der Waals surface area contributed by atoms with Crippen LogP contribution in [0.25, 0.3) is 0 Å². The Morgan fingerprint density at radius 3 is 2.38 bits per heavy atom. The van der Waals surface area contributed by atoms with Gasteiger partial charge in [0.05, 0.1) is 19.3 Å². The van der Waals surface area contributed by atoms with Gasteiger partial charge < -0.3 is 14.2 Å². The molecule has 3 atom stereocenters.